The van der Waals surface area contributed by atoms with Crippen molar-refractivity contribution in [1.29, 1.82) is 5.41 Å². The summed E-state index contributed by atoms with van der Waals surface area (Å²) < 4.78 is 35.5. The number of aliphatic hydroxyl groups excluding tert-OH is 2. The number of nitrogens with zero attached hydrogens (tertiary/aromatic N) is 4. The summed E-state index contributed by atoms with van der Waals surface area (Å²) in [4.78, 5) is 25.4. The maximum atomic E-state index is 12.5. The molecule has 1 aromatic carbocycles. The highest BCUT2D eigenvalue weighted by molar-refractivity contribution is 6.33. The van der Waals surface area contributed by atoms with Crippen LogP contribution in [0.2, 0.25) is 5.02 Å². The first kappa shape index (κ1) is 32.4. The first-order valence-corrected chi connectivity index (χ1v) is 14.3. The summed E-state index contributed by atoms with van der Waals surface area (Å²) in [5.41, 5.74) is 1.64. The summed E-state index contributed by atoms with van der Waals surface area (Å²) in [6, 6.07) is 5.00. The molecule has 1 atom stereocenters. The van der Waals surface area contributed by atoms with Crippen LogP contribution in [0.3, 0.4) is 0 Å². The second-order valence-corrected chi connectivity index (χ2v) is 11.5. The van der Waals surface area contributed by atoms with E-state index in [0.29, 0.717) is 72.6 Å². The molecule has 4 rings (SSSR count). The molecule has 0 aliphatic carbocycles. The van der Waals surface area contributed by atoms with Crippen LogP contribution in [0.25, 0.3) is 17.0 Å². The van der Waals surface area contributed by atoms with Gasteiger partial charge in [0.15, 0.2) is 12.4 Å². The molecule has 0 saturated carbocycles. The summed E-state index contributed by atoms with van der Waals surface area (Å²) in [6.07, 6.45) is -3.50. The molecule has 2 saturated heterocycles. The van der Waals surface area contributed by atoms with Crippen LogP contribution in [0.1, 0.15) is 31.5 Å². The Morgan fingerprint density at radius 1 is 1.23 bits per heavy atom. The molecule has 0 bridgehead atoms. The highest BCUT2D eigenvalue weighted by Crippen LogP contribution is 2.44. The monoisotopic (exact) mass is 622 g/mol. The third kappa shape index (κ3) is 7.34. The Bertz CT molecular complexity index is 1400. The SMILES string of the molecule is CNC[C@@H](O)COc1ccc(Cl)c(-c2nc(/C(C(C)=N)=C(\C)O)c(C)c(N3CC4(CCN(C(=O)OCC(F)F)C4)C3)n2)c1. The number of allylic oxidation sites excluding steroid dienone is 2. The first-order valence-electron chi connectivity index (χ1n) is 13.9. The van der Waals surface area contributed by atoms with E-state index in [-0.39, 0.29) is 34.9 Å². The van der Waals surface area contributed by atoms with Crippen molar-refractivity contribution >= 4 is 34.8 Å². The van der Waals surface area contributed by atoms with Crippen LogP contribution < -0.4 is 15.0 Å². The van der Waals surface area contributed by atoms with Gasteiger partial charge < -0.3 is 40.2 Å². The molecule has 1 amide bonds. The number of hydrogen-bond acceptors (Lipinski definition) is 10. The summed E-state index contributed by atoms with van der Waals surface area (Å²) in [6.45, 7) is 6.23. The second-order valence-electron chi connectivity index (χ2n) is 11.1. The molecular formula is C29H37ClF2N6O5. The van der Waals surface area contributed by atoms with Gasteiger partial charge in [-0.25, -0.2) is 23.5 Å². The lowest BCUT2D eigenvalue weighted by Gasteiger charge is -2.49. The van der Waals surface area contributed by atoms with Crippen molar-refractivity contribution in [3.63, 3.8) is 0 Å². The van der Waals surface area contributed by atoms with Crippen molar-refractivity contribution in [2.45, 2.75) is 39.7 Å². The lowest BCUT2D eigenvalue weighted by atomic mass is 9.79. The molecule has 14 heteroatoms. The number of benzene rings is 1. The number of rotatable bonds is 11. The molecule has 1 aromatic heterocycles. The molecular weight excluding hydrogens is 586 g/mol. The number of likely N-dealkylation sites (tertiary alicyclic amines) is 1. The number of likely N-dealkylation sites (N-methyl/N-ethyl adjacent to an activating group) is 1. The number of nitrogens with one attached hydrogen (secondary N) is 2. The van der Waals surface area contributed by atoms with Gasteiger partial charge in [0, 0.05) is 55.0 Å². The summed E-state index contributed by atoms with van der Waals surface area (Å²) >= 11 is 6.60. The summed E-state index contributed by atoms with van der Waals surface area (Å²) in [5, 5.41) is 32.1. The second kappa shape index (κ2) is 13.4. The van der Waals surface area contributed by atoms with Crippen molar-refractivity contribution < 1.29 is 33.3 Å². The van der Waals surface area contributed by atoms with E-state index in [0.717, 1.165) is 0 Å². The number of ether oxygens (including phenoxy) is 2. The predicted octanol–water partition coefficient (Wildman–Crippen LogP) is 4.31. The average molecular weight is 623 g/mol. The third-order valence-electron chi connectivity index (χ3n) is 7.54. The van der Waals surface area contributed by atoms with Gasteiger partial charge in [-0.1, -0.05) is 11.6 Å². The van der Waals surface area contributed by atoms with Crippen molar-refractivity contribution in [2.75, 3.05) is 57.9 Å². The number of anilines is 1. The molecule has 2 fully saturated rings. The van der Waals surface area contributed by atoms with Gasteiger partial charge >= 0.3 is 6.09 Å². The highest BCUT2D eigenvalue weighted by atomic mass is 35.5. The number of carbonyl (C=O) groups is 1. The standard InChI is InChI=1S/C29H37ClF2N6O5/c1-16-25(24(17(2)33)18(3)39)35-26(21-9-20(5-6-22(21)30)42-11-19(40)10-34-4)36-27(16)38-14-29(15-38)7-8-37(13-29)28(41)43-12-23(31)32/h5-6,9,19,23,33-34,39-40H,7-8,10-15H2,1-4H3/b24-18+,33-17?/t19-/m1/s1. The van der Waals surface area contributed by atoms with E-state index >= 15 is 0 Å². The fraction of sp³-hybridized carbons (Fsp3) is 0.517. The Labute approximate surface area is 254 Å². The quantitative estimate of drug-likeness (QED) is 0.213. The molecule has 3 heterocycles. The number of carbonyl (C=O) groups excluding carboxylic acids is 1. The van der Waals surface area contributed by atoms with Crippen molar-refractivity contribution in [3.05, 3.63) is 40.2 Å². The Morgan fingerprint density at radius 2 is 1.95 bits per heavy atom. The molecule has 2 aliphatic rings. The average Bonchev–Trinajstić information content (AvgIpc) is 3.37. The highest BCUT2D eigenvalue weighted by Gasteiger charge is 2.50. The number of aliphatic hydroxyl groups is 2. The fourth-order valence-electron chi connectivity index (χ4n) is 5.54. The third-order valence-corrected chi connectivity index (χ3v) is 7.87. The topological polar surface area (TPSA) is 144 Å². The van der Waals surface area contributed by atoms with Gasteiger partial charge in [-0.15, -0.1) is 0 Å². The van der Waals surface area contributed by atoms with Gasteiger partial charge in [-0.2, -0.15) is 0 Å². The van der Waals surface area contributed by atoms with Crippen LogP contribution in [0.5, 0.6) is 5.75 Å². The molecule has 4 N–H and O–H groups in total. The molecule has 0 unspecified atom stereocenters. The fourth-order valence-corrected chi connectivity index (χ4v) is 5.74. The molecule has 2 aromatic rings. The Morgan fingerprint density at radius 3 is 2.58 bits per heavy atom. The van der Waals surface area contributed by atoms with E-state index in [1.807, 2.05) is 11.8 Å². The van der Waals surface area contributed by atoms with Crippen LogP contribution >= 0.6 is 11.6 Å². The molecule has 234 valence electrons. The minimum atomic E-state index is -2.72. The Balaban J connectivity index is 1.66. The van der Waals surface area contributed by atoms with Gasteiger partial charge in [0.25, 0.3) is 6.43 Å². The lowest BCUT2D eigenvalue weighted by molar-refractivity contribution is 0.0328. The molecule has 2 aliphatic heterocycles. The Hall–Kier alpha value is -3.55. The Kier molecular flexibility index (Phi) is 10.1. The van der Waals surface area contributed by atoms with Gasteiger partial charge in [-0.3, -0.25) is 0 Å². The van der Waals surface area contributed by atoms with Crippen LogP contribution in [-0.4, -0.2) is 102 Å². The van der Waals surface area contributed by atoms with Crippen molar-refractivity contribution in [2.24, 2.45) is 5.41 Å². The van der Waals surface area contributed by atoms with E-state index in [1.54, 1.807) is 32.2 Å². The molecule has 1 spiro atoms. The number of amides is 1. The minimum absolute atomic E-state index is 0.0549. The lowest BCUT2D eigenvalue weighted by Crippen LogP contribution is -2.58. The van der Waals surface area contributed by atoms with Crippen LogP contribution in [0.15, 0.2) is 24.0 Å². The number of hydrogen-bond donors (Lipinski definition) is 4. The van der Waals surface area contributed by atoms with Gasteiger partial charge in [0.05, 0.1) is 16.3 Å². The molecule has 0 radical (unpaired) electrons. The number of halogens is 3. The van der Waals surface area contributed by atoms with E-state index in [2.05, 4.69) is 5.32 Å². The van der Waals surface area contributed by atoms with Crippen LogP contribution in [-0.2, 0) is 4.74 Å². The molecule has 11 nitrogen and oxygen atoms in total. The van der Waals surface area contributed by atoms with E-state index < -0.39 is 25.2 Å². The smallest absolute Gasteiger partial charge is 0.409 e. The summed E-state index contributed by atoms with van der Waals surface area (Å²) in [5.74, 6) is 1.22. The van der Waals surface area contributed by atoms with Gasteiger partial charge in [0.2, 0.25) is 0 Å². The molecule has 43 heavy (non-hydrogen) atoms. The van der Waals surface area contributed by atoms with Gasteiger partial charge in [-0.05, 0) is 52.4 Å². The maximum absolute atomic E-state index is 12.5. The summed E-state index contributed by atoms with van der Waals surface area (Å²) in [7, 11) is 1.73. The first-order chi connectivity index (χ1) is 20.3. The van der Waals surface area contributed by atoms with E-state index in [9.17, 15) is 23.8 Å². The van der Waals surface area contributed by atoms with E-state index in [4.69, 9.17) is 36.5 Å². The van der Waals surface area contributed by atoms with Crippen LogP contribution in [0, 0.1) is 17.7 Å². The predicted molar refractivity (Wildman–Crippen MR) is 159 cm³/mol. The maximum Gasteiger partial charge on any atom is 0.409 e. The number of aromatic nitrogens is 2. The normalized spacial score (nSPS) is 17.1. The minimum Gasteiger partial charge on any atom is -0.512 e. The van der Waals surface area contributed by atoms with E-state index in [1.165, 1.54) is 11.8 Å². The van der Waals surface area contributed by atoms with Crippen molar-refractivity contribution in [3.8, 4) is 17.1 Å². The zero-order chi connectivity index (χ0) is 31.5. The largest absolute Gasteiger partial charge is 0.512 e. The zero-order valence-corrected chi connectivity index (χ0v) is 25.3. The number of alkyl halides is 2. The van der Waals surface area contributed by atoms with Crippen LogP contribution in [0.4, 0.5) is 19.4 Å². The van der Waals surface area contributed by atoms with Gasteiger partial charge in [0.1, 0.15) is 30.0 Å². The van der Waals surface area contributed by atoms with Crippen molar-refractivity contribution in [1.82, 2.24) is 20.2 Å². The zero-order valence-electron chi connectivity index (χ0n) is 24.6.